The third-order valence-electron chi connectivity index (χ3n) is 5.96. The van der Waals surface area contributed by atoms with Gasteiger partial charge >= 0.3 is 0 Å². The van der Waals surface area contributed by atoms with E-state index in [1.54, 1.807) is 0 Å². The van der Waals surface area contributed by atoms with Gasteiger partial charge in [-0.05, 0) is 59.0 Å². The lowest BCUT2D eigenvalue weighted by Gasteiger charge is -2.35. The molecule has 24 heavy (non-hydrogen) atoms. The average molecular weight is 338 g/mol. The Kier molecular flexibility index (Phi) is 6.53. The van der Waals surface area contributed by atoms with Gasteiger partial charge in [-0.15, -0.1) is 0 Å². The summed E-state index contributed by atoms with van der Waals surface area (Å²) in [6, 6.07) is 0.458. The lowest BCUT2D eigenvalue weighted by atomic mass is 10.0. The van der Waals surface area contributed by atoms with E-state index in [0.29, 0.717) is 18.1 Å². The van der Waals surface area contributed by atoms with Crippen LogP contribution < -0.4 is 0 Å². The van der Waals surface area contributed by atoms with E-state index in [-0.39, 0.29) is 6.04 Å². The molecular formula is C19H35N3O2. The molecule has 0 aromatic heterocycles. The number of piperidine rings is 2. The minimum Gasteiger partial charge on any atom is -0.377 e. The van der Waals surface area contributed by atoms with Crippen molar-refractivity contribution in [2.75, 3.05) is 45.9 Å². The summed E-state index contributed by atoms with van der Waals surface area (Å²) in [4.78, 5) is 19.5. The fraction of sp³-hybridized carbons (Fsp3) is 0.947. The van der Waals surface area contributed by atoms with Crippen LogP contribution in [0.3, 0.4) is 0 Å². The molecule has 1 unspecified atom stereocenters. The molecule has 3 saturated heterocycles. The number of rotatable bonds is 6. The van der Waals surface area contributed by atoms with Gasteiger partial charge in [0, 0.05) is 32.2 Å². The molecule has 138 valence electrons. The van der Waals surface area contributed by atoms with Gasteiger partial charge in [-0.1, -0.05) is 6.42 Å². The Balaban J connectivity index is 1.34. The van der Waals surface area contributed by atoms with E-state index in [1.807, 2.05) is 4.90 Å². The number of likely N-dealkylation sites (tertiary alicyclic amines) is 3. The predicted molar refractivity (Wildman–Crippen MR) is 96.1 cm³/mol. The fourth-order valence-corrected chi connectivity index (χ4v) is 4.42. The van der Waals surface area contributed by atoms with Gasteiger partial charge in [-0.2, -0.15) is 0 Å². The summed E-state index contributed by atoms with van der Waals surface area (Å²) in [6.07, 6.45) is 7.63. The number of carbonyl (C=O) groups is 1. The predicted octanol–water partition coefficient (Wildman–Crippen LogP) is 1.96. The molecule has 0 radical (unpaired) electrons. The topological polar surface area (TPSA) is 36.0 Å². The molecule has 0 aliphatic carbocycles. The summed E-state index contributed by atoms with van der Waals surface area (Å²) < 4.78 is 6.12. The minimum absolute atomic E-state index is 0.127. The van der Waals surface area contributed by atoms with Crippen molar-refractivity contribution in [3.63, 3.8) is 0 Å². The first-order chi connectivity index (χ1) is 11.6. The first-order valence-electron chi connectivity index (χ1n) is 10.0. The molecule has 0 spiro atoms. The standard InChI is InChI=1S/C19H35N3O2/c1-16(2)22-13-8-18(19(22)23)21-11-6-17(7-12-21)24-15-14-20-9-4-3-5-10-20/h16-18H,3-15H2,1-2H3. The van der Waals surface area contributed by atoms with Crippen molar-refractivity contribution in [2.24, 2.45) is 0 Å². The summed E-state index contributed by atoms with van der Waals surface area (Å²) in [7, 11) is 0. The van der Waals surface area contributed by atoms with Gasteiger partial charge in [-0.25, -0.2) is 0 Å². The van der Waals surface area contributed by atoms with Crippen LogP contribution in [0.25, 0.3) is 0 Å². The summed E-state index contributed by atoms with van der Waals surface area (Å²) in [5.74, 6) is 0.342. The van der Waals surface area contributed by atoms with Crippen LogP contribution in [-0.4, -0.2) is 84.7 Å². The van der Waals surface area contributed by atoms with E-state index in [1.165, 1.54) is 32.4 Å². The highest BCUT2D eigenvalue weighted by atomic mass is 16.5. The van der Waals surface area contributed by atoms with Gasteiger partial charge in [0.2, 0.25) is 5.91 Å². The maximum atomic E-state index is 12.5. The van der Waals surface area contributed by atoms with E-state index in [0.717, 1.165) is 52.0 Å². The number of ether oxygens (including phenoxy) is 1. The molecule has 3 aliphatic heterocycles. The molecule has 1 atom stereocenters. The second-order valence-electron chi connectivity index (χ2n) is 7.94. The fourth-order valence-electron chi connectivity index (χ4n) is 4.42. The van der Waals surface area contributed by atoms with Gasteiger partial charge < -0.3 is 14.5 Å². The Morgan fingerprint density at radius 3 is 2.33 bits per heavy atom. The van der Waals surface area contributed by atoms with Crippen LogP contribution in [0.2, 0.25) is 0 Å². The second-order valence-corrected chi connectivity index (χ2v) is 7.94. The van der Waals surface area contributed by atoms with Crippen LogP contribution >= 0.6 is 0 Å². The SMILES string of the molecule is CC(C)N1CCC(N2CCC(OCCN3CCCCC3)CC2)C1=O. The van der Waals surface area contributed by atoms with Crippen LogP contribution in [0.15, 0.2) is 0 Å². The molecular weight excluding hydrogens is 302 g/mol. The van der Waals surface area contributed by atoms with Gasteiger partial charge in [0.1, 0.15) is 0 Å². The molecule has 0 bridgehead atoms. The number of nitrogens with zero attached hydrogens (tertiary/aromatic N) is 3. The Labute approximate surface area is 147 Å². The van der Waals surface area contributed by atoms with E-state index >= 15 is 0 Å². The number of amides is 1. The van der Waals surface area contributed by atoms with Gasteiger partial charge in [0.05, 0.1) is 18.8 Å². The molecule has 1 amide bonds. The highest BCUT2D eigenvalue weighted by molar-refractivity contribution is 5.84. The van der Waals surface area contributed by atoms with Gasteiger partial charge in [0.15, 0.2) is 0 Å². The molecule has 3 rings (SSSR count). The van der Waals surface area contributed by atoms with Crippen molar-refractivity contribution in [3.05, 3.63) is 0 Å². The molecule has 3 aliphatic rings. The van der Waals surface area contributed by atoms with Crippen LogP contribution in [0.5, 0.6) is 0 Å². The lowest BCUT2D eigenvalue weighted by Crippen LogP contribution is -2.48. The quantitative estimate of drug-likeness (QED) is 0.742. The molecule has 5 nitrogen and oxygen atoms in total. The van der Waals surface area contributed by atoms with E-state index in [9.17, 15) is 4.79 Å². The first kappa shape index (κ1) is 18.2. The smallest absolute Gasteiger partial charge is 0.240 e. The summed E-state index contributed by atoms with van der Waals surface area (Å²) in [5.41, 5.74) is 0. The molecule has 3 fully saturated rings. The number of hydrogen-bond donors (Lipinski definition) is 0. The van der Waals surface area contributed by atoms with E-state index in [4.69, 9.17) is 4.74 Å². The summed E-state index contributed by atoms with van der Waals surface area (Å²) in [6.45, 7) is 11.6. The van der Waals surface area contributed by atoms with Crippen LogP contribution in [-0.2, 0) is 9.53 Å². The van der Waals surface area contributed by atoms with Crippen molar-refractivity contribution in [2.45, 2.75) is 70.6 Å². The maximum Gasteiger partial charge on any atom is 0.240 e. The highest BCUT2D eigenvalue weighted by Crippen LogP contribution is 2.24. The molecule has 5 heteroatoms. The molecule has 3 heterocycles. The van der Waals surface area contributed by atoms with Crippen LogP contribution in [0.1, 0.15) is 52.4 Å². The van der Waals surface area contributed by atoms with Crippen LogP contribution in [0, 0.1) is 0 Å². The van der Waals surface area contributed by atoms with Gasteiger partial charge in [-0.3, -0.25) is 9.69 Å². The molecule has 0 aromatic carbocycles. The lowest BCUT2D eigenvalue weighted by molar-refractivity contribution is -0.134. The third kappa shape index (κ3) is 4.50. The highest BCUT2D eigenvalue weighted by Gasteiger charge is 2.38. The van der Waals surface area contributed by atoms with Crippen molar-refractivity contribution in [1.82, 2.24) is 14.7 Å². The van der Waals surface area contributed by atoms with Crippen molar-refractivity contribution in [1.29, 1.82) is 0 Å². The Morgan fingerprint density at radius 1 is 1.00 bits per heavy atom. The first-order valence-corrected chi connectivity index (χ1v) is 10.0. The maximum absolute atomic E-state index is 12.5. The normalized spacial score (nSPS) is 28.2. The molecule has 0 aromatic rings. The Bertz CT molecular complexity index is 401. The molecule has 0 N–H and O–H groups in total. The average Bonchev–Trinajstić information content (AvgIpc) is 2.98. The summed E-state index contributed by atoms with van der Waals surface area (Å²) >= 11 is 0. The minimum atomic E-state index is 0.127. The van der Waals surface area contributed by atoms with Crippen molar-refractivity contribution >= 4 is 5.91 Å². The largest absolute Gasteiger partial charge is 0.377 e. The summed E-state index contributed by atoms with van der Waals surface area (Å²) in [5, 5.41) is 0. The number of hydrogen-bond acceptors (Lipinski definition) is 4. The Hall–Kier alpha value is -0.650. The zero-order chi connectivity index (χ0) is 16.9. The zero-order valence-corrected chi connectivity index (χ0v) is 15.6. The van der Waals surface area contributed by atoms with Crippen LogP contribution in [0.4, 0.5) is 0 Å². The third-order valence-corrected chi connectivity index (χ3v) is 5.96. The van der Waals surface area contributed by atoms with E-state index in [2.05, 4.69) is 23.6 Å². The zero-order valence-electron chi connectivity index (χ0n) is 15.6. The van der Waals surface area contributed by atoms with E-state index < -0.39 is 0 Å². The van der Waals surface area contributed by atoms with Crippen molar-refractivity contribution < 1.29 is 9.53 Å². The number of carbonyl (C=O) groups excluding carboxylic acids is 1. The van der Waals surface area contributed by atoms with Gasteiger partial charge in [0.25, 0.3) is 0 Å². The molecule has 0 saturated carbocycles. The monoisotopic (exact) mass is 337 g/mol. The Morgan fingerprint density at radius 2 is 1.71 bits per heavy atom. The van der Waals surface area contributed by atoms with Crippen molar-refractivity contribution in [3.8, 4) is 0 Å². The second kappa shape index (κ2) is 8.63.